The summed E-state index contributed by atoms with van der Waals surface area (Å²) in [7, 11) is 3.23. The van der Waals surface area contributed by atoms with Crippen LogP contribution in [0.1, 0.15) is 94.1 Å². The van der Waals surface area contributed by atoms with Crippen molar-refractivity contribution >= 4 is 18.2 Å². The standard InChI is InChI=1S/C35H57NO10/c1-22(2)24(18-23-14-15-27(42-12)29(19-23)43-17-13-16-41-11)20-26-28(44-32(39)46-34(6,7)8)21-25(35(9,10)40)30(37)36(26)31(38)45-33(3,4)5/h14-15,19,22,24-26,28,40H,13,16-18,20-21H2,1-12H3/t24-,25?,26+,28+/m1/s1. The SMILES string of the molecule is COCCCOc1cc(C[C@H](C[C@H]2[C@@H](OC(=O)OC(C)(C)C)CC(C(C)(C)O)C(=O)N2C(=O)OC(C)(C)C)C(C)C)ccc1OC. The van der Waals surface area contributed by atoms with E-state index in [1.54, 1.807) is 55.8 Å². The molecule has 1 N–H and O–H groups in total. The Labute approximate surface area is 275 Å². The zero-order valence-corrected chi connectivity index (χ0v) is 29.9. The van der Waals surface area contributed by atoms with Crippen LogP contribution in [0.25, 0.3) is 0 Å². The Morgan fingerprint density at radius 2 is 1.59 bits per heavy atom. The number of piperidine rings is 1. The van der Waals surface area contributed by atoms with Crippen molar-refractivity contribution in [2.45, 2.75) is 124 Å². The summed E-state index contributed by atoms with van der Waals surface area (Å²) < 4.78 is 33.7. The fourth-order valence-corrected chi connectivity index (χ4v) is 5.45. The third kappa shape index (κ3) is 12.0. The molecule has 0 spiro atoms. The molecule has 0 aliphatic carbocycles. The molecule has 11 heteroatoms. The Morgan fingerprint density at radius 1 is 0.957 bits per heavy atom. The molecule has 262 valence electrons. The number of rotatable bonds is 13. The van der Waals surface area contributed by atoms with Crippen molar-refractivity contribution in [3.05, 3.63) is 23.8 Å². The molecular weight excluding hydrogens is 594 g/mol. The Kier molecular flexibility index (Phi) is 13.8. The van der Waals surface area contributed by atoms with E-state index in [0.29, 0.717) is 37.6 Å². The number of nitrogens with zero attached hydrogens (tertiary/aromatic N) is 1. The van der Waals surface area contributed by atoms with Crippen molar-refractivity contribution in [3.8, 4) is 11.5 Å². The zero-order valence-electron chi connectivity index (χ0n) is 29.9. The van der Waals surface area contributed by atoms with Crippen LogP contribution in [0.2, 0.25) is 0 Å². The van der Waals surface area contributed by atoms with E-state index in [2.05, 4.69) is 13.8 Å². The number of ether oxygens (including phenoxy) is 6. The van der Waals surface area contributed by atoms with E-state index in [1.165, 1.54) is 13.8 Å². The normalized spacial score (nSPS) is 19.9. The van der Waals surface area contributed by atoms with Gasteiger partial charge in [0.15, 0.2) is 11.5 Å². The molecule has 1 aromatic rings. The number of methoxy groups -OCH3 is 2. The molecule has 1 fully saturated rings. The second kappa shape index (κ2) is 16.2. The quantitative estimate of drug-likeness (QED) is 0.185. The number of hydrogen-bond donors (Lipinski definition) is 1. The minimum Gasteiger partial charge on any atom is -0.493 e. The zero-order chi connectivity index (χ0) is 35.0. The first-order valence-corrected chi connectivity index (χ1v) is 16.1. The maximum absolute atomic E-state index is 14.0. The molecule has 4 atom stereocenters. The fourth-order valence-electron chi connectivity index (χ4n) is 5.45. The Morgan fingerprint density at radius 3 is 2.11 bits per heavy atom. The summed E-state index contributed by atoms with van der Waals surface area (Å²) in [6.45, 7) is 18.5. The number of carbonyl (C=O) groups excluding carboxylic acids is 3. The van der Waals surface area contributed by atoms with E-state index >= 15 is 0 Å². The largest absolute Gasteiger partial charge is 0.509 e. The van der Waals surface area contributed by atoms with Gasteiger partial charge in [-0.25, -0.2) is 14.5 Å². The predicted octanol–water partition coefficient (Wildman–Crippen LogP) is 6.56. The molecule has 0 aromatic heterocycles. The maximum atomic E-state index is 14.0. The van der Waals surface area contributed by atoms with Crippen LogP contribution in [-0.2, 0) is 30.2 Å². The number of carbonyl (C=O) groups is 3. The Bertz CT molecular complexity index is 1160. The van der Waals surface area contributed by atoms with Crippen LogP contribution < -0.4 is 9.47 Å². The van der Waals surface area contributed by atoms with Gasteiger partial charge < -0.3 is 33.5 Å². The summed E-state index contributed by atoms with van der Waals surface area (Å²) in [6, 6.07) is 4.89. The van der Waals surface area contributed by atoms with Gasteiger partial charge in [0.2, 0.25) is 5.91 Å². The van der Waals surface area contributed by atoms with Gasteiger partial charge in [0.05, 0.1) is 31.3 Å². The van der Waals surface area contributed by atoms with E-state index in [0.717, 1.165) is 16.9 Å². The minimum absolute atomic E-state index is 0.0123. The van der Waals surface area contributed by atoms with Gasteiger partial charge in [-0.05, 0) is 97.8 Å². The molecule has 1 unspecified atom stereocenters. The van der Waals surface area contributed by atoms with Crippen molar-refractivity contribution in [2.24, 2.45) is 17.8 Å². The van der Waals surface area contributed by atoms with Gasteiger partial charge in [0.25, 0.3) is 0 Å². The molecule has 2 rings (SSSR count). The molecule has 1 aliphatic heterocycles. The number of aliphatic hydroxyl groups is 1. The number of likely N-dealkylation sites (tertiary alicyclic amines) is 1. The van der Waals surface area contributed by atoms with Crippen LogP contribution in [0, 0.1) is 17.8 Å². The molecule has 11 nitrogen and oxygen atoms in total. The Balaban J connectivity index is 2.54. The van der Waals surface area contributed by atoms with Crippen LogP contribution in [0.5, 0.6) is 11.5 Å². The van der Waals surface area contributed by atoms with Crippen molar-refractivity contribution in [2.75, 3.05) is 27.4 Å². The first-order chi connectivity index (χ1) is 21.2. The molecule has 1 heterocycles. The molecular formula is C35H57NO10. The summed E-state index contributed by atoms with van der Waals surface area (Å²) in [6.07, 6.45) is -1.09. The highest BCUT2D eigenvalue weighted by molar-refractivity contribution is 5.95. The number of imide groups is 1. The van der Waals surface area contributed by atoms with Crippen molar-refractivity contribution < 1.29 is 47.9 Å². The van der Waals surface area contributed by atoms with E-state index in [9.17, 15) is 19.5 Å². The predicted molar refractivity (Wildman–Crippen MR) is 174 cm³/mol. The van der Waals surface area contributed by atoms with Crippen molar-refractivity contribution in [3.63, 3.8) is 0 Å². The van der Waals surface area contributed by atoms with E-state index in [-0.39, 0.29) is 18.3 Å². The summed E-state index contributed by atoms with van der Waals surface area (Å²) in [5.74, 6) is -0.338. The van der Waals surface area contributed by atoms with Gasteiger partial charge in [-0.15, -0.1) is 0 Å². The monoisotopic (exact) mass is 651 g/mol. The second-order valence-corrected chi connectivity index (χ2v) is 14.9. The smallest absolute Gasteiger partial charge is 0.493 e. The average Bonchev–Trinajstić information content (AvgIpc) is 2.89. The lowest BCUT2D eigenvalue weighted by Crippen LogP contribution is -2.62. The van der Waals surface area contributed by atoms with Crippen LogP contribution in [0.4, 0.5) is 9.59 Å². The number of amides is 2. The minimum atomic E-state index is -1.50. The van der Waals surface area contributed by atoms with Gasteiger partial charge in [0.1, 0.15) is 17.3 Å². The highest BCUT2D eigenvalue weighted by Crippen LogP contribution is 2.39. The van der Waals surface area contributed by atoms with Crippen LogP contribution >= 0.6 is 0 Å². The van der Waals surface area contributed by atoms with Crippen molar-refractivity contribution in [1.29, 1.82) is 0 Å². The topological polar surface area (TPSA) is 130 Å². The number of benzene rings is 1. The average molecular weight is 652 g/mol. The fraction of sp³-hybridized carbons (Fsp3) is 0.743. The lowest BCUT2D eigenvalue weighted by Gasteiger charge is -2.46. The van der Waals surface area contributed by atoms with Gasteiger partial charge in [-0.3, -0.25) is 4.79 Å². The molecule has 0 radical (unpaired) electrons. The highest BCUT2D eigenvalue weighted by atomic mass is 16.7. The summed E-state index contributed by atoms with van der Waals surface area (Å²) >= 11 is 0. The van der Waals surface area contributed by atoms with Crippen LogP contribution in [0.3, 0.4) is 0 Å². The molecule has 1 aromatic carbocycles. The second-order valence-electron chi connectivity index (χ2n) is 14.9. The van der Waals surface area contributed by atoms with E-state index < -0.39 is 53.0 Å². The lowest BCUT2D eigenvalue weighted by atomic mass is 9.75. The van der Waals surface area contributed by atoms with E-state index in [4.69, 9.17) is 28.4 Å². The van der Waals surface area contributed by atoms with Gasteiger partial charge >= 0.3 is 12.2 Å². The van der Waals surface area contributed by atoms with E-state index in [1.807, 2.05) is 18.2 Å². The summed E-state index contributed by atoms with van der Waals surface area (Å²) in [4.78, 5) is 41.8. The molecule has 2 amide bonds. The molecule has 0 bridgehead atoms. The summed E-state index contributed by atoms with van der Waals surface area (Å²) in [5.41, 5.74) is -2.25. The third-order valence-corrected chi connectivity index (χ3v) is 7.81. The van der Waals surface area contributed by atoms with Gasteiger partial charge in [0, 0.05) is 26.6 Å². The Hall–Kier alpha value is -3.05. The first kappa shape index (κ1) is 39.1. The van der Waals surface area contributed by atoms with Gasteiger partial charge in [-0.1, -0.05) is 19.9 Å². The third-order valence-electron chi connectivity index (χ3n) is 7.81. The lowest BCUT2D eigenvalue weighted by molar-refractivity contribution is -0.161. The molecule has 46 heavy (non-hydrogen) atoms. The van der Waals surface area contributed by atoms with Crippen LogP contribution in [0.15, 0.2) is 18.2 Å². The molecule has 0 saturated carbocycles. The summed E-state index contributed by atoms with van der Waals surface area (Å²) in [5, 5.41) is 11.0. The van der Waals surface area contributed by atoms with Crippen LogP contribution in [-0.4, -0.2) is 84.5 Å². The highest BCUT2D eigenvalue weighted by Gasteiger charge is 2.52. The maximum Gasteiger partial charge on any atom is 0.509 e. The van der Waals surface area contributed by atoms with Crippen molar-refractivity contribution in [1.82, 2.24) is 4.90 Å². The molecule has 1 saturated heterocycles. The molecule has 1 aliphatic rings. The first-order valence-electron chi connectivity index (χ1n) is 16.1. The number of hydrogen-bond acceptors (Lipinski definition) is 10. The van der Waals surface area contributed by atoms with Gasteiger partial charge in [-0.2, -0.15) is 0 Å².